The van der Waals surface area contributed by atoms with Crippen LogP contribution in [0.15, 0.2) is 71.0 Å². The van der Waals surface area contributed by atoms with Gasteiger partial charge in [-0.2, -0.15) is 4.98 Å². The topological polar surface area (TPSA) is 78.3 Å². The van der Waals surface area contributed by atoms with Crippen molar-refractivity contribution < 1.29 is 14.3 Å². The monoisotopic (exact) mass is 520 g/mol. The van der Waals surface area contributed by atoms with E-state index in [4.69, 9.17) is 19.6 Å². The quantitative estimate of drug-likeness (QED) is 0.151. The Labute approximate surface area is 223 Å². The highest BCUT2D eigenvalue weighted by atomic mass is 32.2. The molecule has 0 radical (unpaired) electrons. The van der Waals surface area contributed by atoms with Crippen molar-refractivity contribution in [1.29, 1.82) is 0 Å². The third-order valence-electron chi connectivity index (χ3n) is 6.21. The number of carbonyl (C=O) groups is 1. The van der Waals surface area contributed by atoms with Crippen LogP contribution in [-0.2, 0) is 15.3 Å². The van der Waals surface area contributed by atoms with E-state index in [1.807, 2.05) is 49.4 Å². The van der Waals surface area contributed by atoms with Gasteiger partial charge in [0, 0.05) is 11.4 Å². The number of anilines is 1. The molecule has 1 unspecified atom stereocenters. The molecule has 0 amide bonds. The maximum absolute atomic E-state index is 13.3. The van der Waals surface area contributed by atoms with Gasteiger partial charge in [0.15, 0.2) is 0 Å². The second-order valence-corrected chi connectivity index (χ2v) is 10.1. The highest BCUT2D eigenvalue weighted by Gasteiger charge is 2.35. The SMILES string of the molecule is CCCCCOc1ccc(C2C(C(=O)OCCCC)=C(C)Nc3nc(SCc4ccccc4)nn32)cc1. The van der Waals surface area contributed by atoms with Crippen LogP contribution in [0.4, 0.5) is 5.95 Å². The Balaban J connectivity index is 1.60. The number of carbonyl (C=O) groups excluding carboxylic acids is 1. The molecule has 0 bridgehead atoms. The lowest BCUT2D eigenvalue weighted by Gasteiger charge is -2.28. The van der Waals surface area contributed by atoms with Crippen molar-refractivity contribution in [3.63, 3.8) is 0 Å². The number of hydrogen-bond acceptors (Lipinski definition) is 7. The van der Waals surface area contributed by atoms with Crippen LogP contribution < -0.4 is 10.1 Å². The van der Waals surface area contributed by atoms with E-state index < -0.39 is 6.04 Å². The van der Waals surface area contributed by atoms with E-state index in [1.54, 1.807) is 16.4 Å². The fourth-order valence-corrected chi connectivity index (χ4v) is 4.95. The number of esters is 1. The molecule has 1 aliphatic heterocycles. The van der Waals surface area contributed by atoms with E-state index >= 15 is 0 Å². The Morgan fingerprint density at radius 2 is 1.76 bits per heavy atom. The molecule has 0 fully saturated rings. The van der Waals surface area contributed by atoms with Crippen molar-refractivity contribution in [3.8, 4) is 5.75 Å². The van der Waals surface area contributed by atoms with Crippen molar-refractivity contribution in [2.45, 2.75) is 69.8 Å². The van der Waals surface area contributed by atoms with Crippen molar-refractivity contribution in [2.24, 2.45) is 0 Å². The second kappa shape index (κ2) is 13.3. The molecule has 8 heteroatoms. The largest absolute Gasteiger partial charge is 0.494 e. The average molecular weight is 521 g/mol. The van der Waals surface area contributed by atoms with Gasteiger partial charge >= 0.3 is 5.97 Å². The van der Waals surface area contributed by atoms with E-state index in [0.717, 1.165) is 54.9 Å². The first kappa shape index (κ1) is 26.8. The van der Waals surface area contributed by atoms with Crippen LogP contribution in [0, 0.1) is 0 Å². The number of fused-ring (bicyclic) bond motifs is 1. The van der Waals surface area contributed by atoms with Crippen LogP contribution in [0.3, 0.4) is 0 Å². The van der Waals surface area contributed by atoms with Gasteiger partial charge in [0.25, 0.3) is 0 Å². The molecule has 0 saturated heterocycles. The summed E-state index contributed by atoms with van der Waals surface area (Å²) in [5, 5.41) is 8.75. The van der Waals surface area contributed by atoms with Crippen LogP contribution >= 0.6 is 11.8 Å². The maximum atomic E-state index is 13.3. The predicted molar refractivity (Wildman–Crippen MR) is 148 cm³/mol. The summed E-state index contributed by atoms with van der Waals surface area (Å²) in [6.07, 6.45) is 5.14. The van der Waals surface area contributed by atoms with Gasteiger partial charge < -0.3 is 14.8 Å². The lowest BCUT2D eigenvalue weighted by Crippen LogP contribution is -2.29. The van der Waals surface area contributed by atoms with Crippen LogP contribution in [-0.4, -0.2) is 33.9 Å². The third kappa shape index (κ3) is 6.95. The number of benzene rings is 2. The lowest BCUT2D eigenvalue weighted by atomic mass is 9.96. The minimum Gasteiger partial charge on any atom is -0.494 e. The molecule has 4 rings (SSSR count). The van der Waals surface area contributed by atoms with Gasteiger partial charge in [0.1, 0.15) is 11.8 Å². The molecule has 1 aliphatic rings. The number of unbranched alkanes of at least 4 members (excludes halogenated alkanes) is 3. The van der Waals surface area contributed by atoms with E-state index in [-0.39, 0.29) is 5.97 Å². The number of allylic oxidation sites excluding steroid dienone is 1. The Kier molecular flexibility index (Phi) is 9.65. The summed E-state index contributed by atoms with van der Waals surface area (Å²) in [5.41, 5.74) is 3.40. The van der Waals surface area contributed by atoms with E-state index in [2.05, 4.69) is 31.3 Å². The Bertz CT molecular complexity index is 1190. The molecule has 196 valence electrons. The minimum atomic E-state index is -0.446. The first-order chi connectivity index (χ1) is 18.1. The Hall–Kier alpha value is -3.26. The van der Waals surface area contributed by atoms with E-state index in [0.29, 0.717) is 29.9 Å². The molecule has 1 aromatic heterocycles. The summed E-state index contributed by atoms with van der Waals surface area (Å²) in [6.45, 7) is 7.24. The average Bonchev–Trinajstić information content (AvgIpc) is 3.32. The third-order valence-corrected chi connectivity index (χ3v) is 7.12. The number of nitrogens with one attached hydrogen (secondary N) is 1. The molecule has 0 spiro atoms. The Morgan fingerprint density at radius 1 is 1.00 bits per heavy atom. The van der Waals surface area contributed by atoms with Gasteiger partial charge in [-0.15, -0.1) is 5.10 Å². The number of hydrogen-bond donors (Lipinski definition) is 1. The Morgan fingerprint density at radius 3 is 2.49 bits per heavy atom. The highest BCUT2D eigenvalue weighted by Crippen LogP contribution is 2.37. The lowest BCUT2D eigenvalue weighted by molar-refractivity contribution is -0.139. The van der Waals surface area contributed by atoms with Gasteiger partial charge in [-0.3, -0.25) is 0 Å². The standard InChI is InChI=1S/C29H36N4O3S/c1-4-6-11-19-35-24-16-14-23(15-17-24)26-25(27(34)36-18-7-5-2)21(3)30-28-31-29(32-33(26)28)37-20-22-12-9-8-10-13-22/h8-10,12-17,26H,4-7,11,18-20H2,1-3H3,(H,30,31,32). The minimum absolute atomic E-state index is 0.331. The summed E-state index contributed by atoms with van der Waals surface area (Å²) < 4.78 is 13.3. The van der Waals surface area contributed by atoms with Crippen LogP contribution in [0.1, 0.15) is 70.0 Å². The highest BCUT2D eigenvalue weighted by molar-refractivity contribution is 7.98. The molecule has 7 nitrogen and oxygen atoms in total. The van der Waals surface area contributed by atoms with Gasteiger partial charge in [-0.05, 0) is 43.0 Å². The molecule has 2 heterocycles. The zero-order valence-electron chi connectivity index (χ0n) is 21.9. The maximum Gasteiger partial charge on any atom is 0.338 e. The number of ether oxygens (including phenoxy) is 2. The van der Waals surface area contributed by atoms with Crippen LogP contribution in [0.25, 0.3) is 0 Å². The van der Waals surface area contributed by atoms with Crippen LogP contribution in [0.2, 0.25) is 0 Å². The molecule has 1 N–H and O–H groups in total. The van der Waals surface area contributed by atoms with Gasteiger partial charge in [0.2, 0.25) is 11.1 Å². The summed E-state index contributed by atoms with van der Waals surface area (Å²) in [4.78, 5) is 18.0. The number of thioether (sulfide) groups is 1. The first-order valence-corrected chi connectivity index (χ1v) is 14.1. The first-order valence-electron chi connectivity index (χ1n) is 13.1. The predicted octanol–water partition coefficient (Wildman–Crippen LogP) is 6.77. The molecule has 0 aliphatic carbocycles. The summed E-state index contributed by atoms with van der Waals surface area (Å²) >= 11 is 1.57. The zero-order valence-corrected chi connectivity index (χ0v) is 22.7. The fourth-order valence-electron chi connectivity index (χ4n) is 4.16. The van der Waals surface area contributed by atoms with Gasteiger partial charge in [-0.25, -0.2) is 9.48 Å². The molecule has 2 aromatic carbocycles. The molecular formula is C29H36N4O3S. The van der Waals surface area contributed by atoms with Gasteiger partial charge in [0.05, 0.1) is 18.8 Å². The summed E-state index contributed by atoms with van der Waals surface area (Å²) in [5.74, 6) is 1.86. The number of nitrogens with zero attached hydrogens (tertiary/aromatic N) is 3. The zero-order chi connectivity index (χ0) is 26.0. The molecule has 37 heavy (non-hydrogen) atoms. The van der Waals surface area contributed by atoms with E-state index in [9.17, 15) is 4.79 Å². The van der Waals surface area contributed by atoms with E-state index in [1.165, 1.54) is 5.56 Å². The molecular weight excluding hydrogens is 484 g/mol. The smallest absolute Gasteiger partial charge is 0.338 e. The summed E-state index contributed by atoms with van der Waals surface area (Å²) in [6, 6.07) is 17.7. The van der Waals surface area contributed by atoms with Crippen molar-refractivity contribution in [3.05, 3.63) is 77.0 Å². The molecule has 3 aromatic rings. The normalized spacial score (nSPS) is 14.7. The van der Waals surface area contributed by atoms with Crippen LogP contribution in [0.5, 0.6) is 5.75 Å². The summed E-state index contributed by atoms with van der Waals surface area (Å²) in [7, 11) is 0. The van der Waals surface area contributed by atoms with Crippen molar-refractivity contribution >= 4 is 23.7 Å². The number of rotatable bonds is 13. The number of aromatic nitrogens is 3. The molecule has 0 saturated carbocycles. The van der Waals surface area contributed by atoms with Crippen molar-refractivity contribution in [2.75, 3.05) is 18.5 Å². The van der Waals surface area contributed by atoms with Gasteiger partial charge in [-0.1, -0.05) is 87.3 Å². The molecule has 1 atom stereocenters. The second-order valence-electron chi connectivity index (χ2n) is 9.12. The van der Waals surface area contributed by atoms with Crippen molar-refractivity contribution in [1.82, 2.24) is 14.8 Å². The fraction of sp³-hybridized carbons (Fsp3) is 0.414.